The van der Waals surface area contributed by atoms with Gasteiger partial charge in [0.05, 0.1) is 5.69 Å². The molecule has 0 saturated heterocycles. The van der Waals surface area contributed by atoms with Gasteiger partial charge < -0.3 is 9.80 Å². The summed E-state index contributed by atoms with van der Waals surface area (Å²) in [6.07, 6.45) is 3.05. The van der Waals surface area contributed by atoms with Crippen molar-refractivity contribution in [1.82, 2.24) is 0 Å². The fraction of sp³-hybridized carbons (Fsp3) is 0.116. The second-order valence-electron chi connectivity index (χ2n) is 10.6. The van der Waals surface area contributed by atoms with Gasteiger partial charge in [-0.3, -0.25) is 0 Å². The van der Waals surface area contributed by atoms with E-state index >= 15 is 0 Å². The normalized spacial score (nSPS) is 11.0. The number of anilines is 5. The van der Waals surface area contributed by atoms with Crippen molar-refractivity contribution in [2.24, 2.45) is 0 Å². The highest BCUT2D eigenvalue weighted by Crippen LogP contribution is 2.40. The maximum Gasteiger partial charge on any atom is 0.0540 e. The predicted octanol–water partition coefficient (Wildman–Crippen LogP) is 13.0. The fourth-order valence-corrected chi connectivity index (χ4v) is 5.69. The van der Waals surface area contributed by atoms with E-state index in [1.54, 1.807) is 0 Å². The average molecular weight is 587 g/mol. The second-order valence-corrected chi connectivity index (χ2v) is 10.6. The van der Waals surface area contributed by atoms with Gasteiger partial charge in [-0.05, 0) is 90.0 Å². The molecule has 45 heavy (non-hydrogen) atoms. The molecule has 0 bridgehead atoms. The molecule has 0 aromatic heterocycles. The lowest BCUT2D eigenvalue weighted by atomic mass is 10.0. The van der Waals surface area contributed by atoms with Gasteiger partial charge in [0, 0.05) is 33.8 Å². The summed E-state index contributed by atoms with van der Waals surface area (Å²) < 4.78 is 0. The summed E-state index contributed by atoms with van der Waals surface area (Å²) in [5.74, 6) is 0. The Labute approximate surface area is 269 Å². The summed E-state index contributed by atoms with van der Waals surface area (Å²) in [6, 6.07) is 53.9. The Hall–Kier alpha value is -5.34. The van der Waals surface area contributed by atoms with Gasteiger partial charge in [0.2, 0.25) is 0 Å². The van der Waals surface area contributed by atoms with Crippen LogP contribution in [0.1, 0.15) is 34.1 Å². The van der Waals surface area contributed by atoms with Crippen molar-refractivity contribution >= 4 is 39.2 Å². The molecule has 0 radical (unpaired) electrons. The summed E-state index contributed by atoms with van der Waals surface area (Å²) in [6.45, 7) is 12.6. The Morgan fingerprint density at radius 3 is 1.60 bits per heavy atom. The number of allylic oxidation sites excluding steroid dienone is 2. The van der Waals surface area contributed by atoms with Crippen LogP contribution in [0, 0.1) is 0 Å². The van der Waals surface area contributed by atoms with Crippen LogP contribution >= 0.6 is 0 Å². The Bertz CT molecular complexity index is 1850. The standard InChI is InChI=1S/C41H36N2.C2H6/c1-4-31(3)40(5-2)42(35-17-8-6-9-18-35)37-27-23-32(24-28-37)33-25-29-38(30-26-33)43(36-19-10-7-11-20-36)41-22-14-16-34-15-12-13-21-39(34)41;1-2/h5-30H,3-4H2,1-2H3;1-2H3/b40-5+;. The van der Waals surface area contributed by atoms with Crippen LogP contribution in [0.15, 0.2) is 176 Å². The summed E-state index contributed by atoms with van der Waals surface area (Å²) in [5, 5.41) is 2.45. The third kappa shape index (κ3) is 6.76. The van der Waals surface area contributed by atoms with Gasteiger partial charge in [-0.1, -0.05) is 130 Å². The van der Waals surface area contributed by atoms with E-state index in [0.29, 0.717) is 0 Å². The molecule has 0 fully saturated rings. The van der Waals surface area contributed by atoms with Crippen molar-refractivity contribution in [3.8, 4) is 11.1 Å². The first kappa shape index (κ1) is 31.1. The van der Waals surface area contributed by atoms with Gasteiger partial charge in [0.15, 0.2) is 0 Å². The van der Waals surface area contributed by atoms with E-state index in [1.807, 2.05) is 13.8 Å². The van der Waals surface area contributed by atoms with Crippen LogP contribution < -0.4 is 9.80 Å². The minimum absolute atomic E-state index is 0.895. The number of hydrogen-bond donors (Lipinski definition) is 0. The van der Waals surface area contributed by atoms with Crippen molar-refractivity contribution in [2.75, 3.05) is 9.80 Å². The van der Waals surface area contributed by atoms with E-state index in [4.69, 9.17) is 0 Å². The molecule has 6 aromatic carbocycles. The molecule has 0 aliphatic carbocycles. The van der Waals surface area contributed by atoms with Gasteiger partial charge in [-0.15, -0.1) is 0 Å². The summed E-state index contributed by atoms with van der Waals surface area (Å²) in [7, 11) is 0. The highest BCUT2D eigenvalue weighted by molar-refractivity contribution is 5.99. The van der Waals surface area contributed by atoms with Crippen LogP contribution in [0.25, 0.3) is 21.9 Å². The maximum absolute atomic E-state index is 4.35. The molecule has 6 rings (SSSR count). The van der Waals surface area contributed by atoms with E-state index in [-0.39, 0.29) is 0 Å². The fourth-order valence-electron chi connectivity index (χ4n) is 5.69. The molecule has 0 atom stereocenters. The first-order valence-electron chi connectivity index (χ1n) is 15.9. The van der Waals surface area contributed by atoms with E-state index in [2.05, 4.69) is 188 Å². The summed E-state index contributed by atoms with van der Waals surface area (Å²) in [5.41, 5.74) is 10.2. The highest BCUT2D eigenvalue weighted by atomic mass is 15.2. The average Bonchev–Trinajstić information content (AvgIpc) is 3.12. The van der Waals surface area contributed by atoms with Crippen LogP contribution in [0.4, 0.5) is 28.4 Å². The SMILES string of the molecule is C=C(CC)/C(=C\C)N(c1ccccc1)c1ccc(-c2ccc(N(c3ccccc3)c3cccc4ccccc34)cc2)cc1.CC. The molecular weight excluding hydrogens is 544 g/mol. The zero-order valence-corrected chi connectivity index (χ0v) is 26.8. The molecule has 0 aliphatic heterocycles. The third-order valence-electron chi connectivity index (χ3n) is 7.92. The lowest BCUT2D eigenvalue weighted by molar-refractivity contribution is 1.06. The minimum atomic E-state index is 0.895. The number of benzene rings is 6. The molecule has 224 valence electrons. The monoisotopic (exact) mass is 586 g/mol. The van der Waals surface area contributed by atoms with Crippen LogP contribution in [0.3, 0.4) is 0 Å². The van der Waals surface area contributed by atoms with Gasteiger partial charge >= 0.3 is 0 Å². The molecule has 6 aromatic rings. The van der Waals surface area contributed by atoms with Gasteiger partial charge in [-0.25, -0.2) is 0 Å². The maximum atomic E-state index is 4.35. The van der Waals surface area contributed by atoms with Crippen LogP contribution in [-0.4, -0.2) is 0 Å². The van der Waals surface area contributed by atoms with Crippen LogP contribution in [0.2, 0.25) is 0 Å². The van der Waals surface area contributed by atoms with Gasteiger partial charge in [-0.2, -0.15) is 0 Å². The summed E-state index contributed by atoms with van der Waals surface area (Å²) in [4.78, 5) is 4.63. The number of nitrogens with zero attached hydrogens (tertiary/aromatic N) is 2. The zero-order valence-electron chi connectivity index (χ0n) is 26.8. The van der Waals surface area contributed by atoms with Crippen molar-refractivity contribution in [3.63, 3.8) is 0 Å². The topological polar surface area (TPSA) is 6.48 Å². The molecule has 0 saturated carbocycles. The number of rotatable bonds is 9. The molecule has 0 aliphatic rings. The molecule has 0 spiro atoms. The minimum Gasteiger partial charge on any atom is -0.311 e. The third-order valence-corrected chi connectivity index (χ3v) is 7.92. The Kier molecular flexibility index (Phi) is 10.3. The molecular formula is C43H42N2. The first-order valence-corrected chi connectivity index (χ1v) is 15.9. The van der Waals surface area contributed by atoms with Crippen molar-refractivity contribution < 1.29 is 0 Å². The lowest BCUT2D eigenvalue weighted by Gasteiger charge is -2.29. The van der Waals surface area contributed by atoms with Gasteiger partial charge in [0.1, 0.15) is 0 Å². The lowest BCUT2D eigenvalue weighted by Crippen LogP contribution is -2.17. The molecule has 0 unspecified atom stereocenters. The number of fused-ring (bicyclic) bond motifs is 1. The smallest absolute Gasteiger partial charge is 0.0540 e. The Balaban J connectivity index is 0.00000196. The first-order chi connectivity index (χ1) is 22.2. The molecule has 0 N–H and O–H groups in total. The van der Waals surface area contributed by atoms with Crippen LogP contribution in [-0.2, 0) is 0 Å². The van der Waals surface area contributed by atoms with E-state index in [9.17, 15) is 0 Å². The number of hydrogen-bond acceptors (Lipinski definition) is 2. The van der Waals surface area contributed by atoms with Crippen molar-refractivity contribution in [1.29, 1.82) is 0 Å². The van der Waals surface area contributed by atoms with Gasteiger partial charge in [0.25, 0.3) is 0 Å². The Morgan fingerprint density at radius 1 is 0.556 bits per heavy atom. The quantitative estimate of drug-likeness (QED) is 0.155. The molecule has 2 nitrogen and oxygen atoms in total. The van der Waals surface area contributed by atoms with E-state index in [1.165, 1.54) is 21.9 Å². The van der Waals surface area contributed by atoms with E-state index in [0.717, 1.165) is 46.1 Å². The second kappa shape index (κ2) is 14.9. The largest absolute Gasteiger partial charge is 0.311 e. The Morgan fingerprint density at radius 2 is 1.02 bits per heavy atom. The number of para-hydroxylation sites is 2. The molecule has 0 heterocycles. The summed E-state index contributed by atoms with van der Waals surface area (Å²) >= 11 is 0. The van der Waals surface area contributed by atoms with Crippen molar-refractivity contribution in [2.45, 2.75) is 34.1 Å². The zero-order chi connectivity index (χ0) is 31.6. The highest BCUT2D eigenvalue weighted by Gasteiger charge is 2.17. The van der Waals surface area contributed by atoms with E-state index < -0.39 is 0 Å². The van der Waals surface area contributed by atoms with Crippen LogP contribution in [0.5, 0.6) is 0 Å². The molecule has 2 heteroatoms. The van der Waals surface area contributed by atoms with Crippen molar-refractivity contribution in [3.05, 3.63) is 176 Å². The predicted molar refractivity (Wildman–Crippen MR) is 197 cm³/mol. The molecule has 0 amide bonds.